The molecule has 0 saturated heterocycles. The van der Waals surface area contributed by atoms with Gasteiger partial charge in [0.05, 0.1) is 11.6 Å². The monoisotopic (exact) mass is 333 g/mol. The fourth-order valence-corrected chi connectivity index (χ4v) is 3.16. The van der Waals surface area contributed by atoms with Gasteiger partial charge in [0.2, 0.25) is 15.8 Å². The molecule has 0 fully saturated rings. The Labute approximate surface area is 124 Å². The van der Waals surface area contributed by atoms with Crippen molar-refractivity contribution >= 4 is 27.6 Å². The van der Waals surface area contributed by atoms with Crippen LogP contribution in [0.3, 0.4) is 0 Å². The van der Waals surface area contributed by atoms with Crippen LogP contribution in [0, 0.1) is 5.82 Å². The number of hydrogen-bond acceptors (Lipinski definition) is 4. The van der Waals surface area contributed by atoms with Gasteiger partial charge in [0, 0.05) is 0 Å². The maximum absolute atomic E-state index is 13.6. The van der Waals surface area contributed by atoms with Crippen LogP contribution in [0.25, 0.3) is 0 Å². The predicted molar refractivity (Wildman–Crippen MR) is 71.1 cm³/mol. The van der Waals surface area contributed by atoms with Crippen molar-refractivity contribution in [3.63, 3.8) is 0 Å². The first-order valence-corrected chi connectivity index (χ1v) is 7.43. The number of halogens is 2. The number of carbonyl (C=O) groups is 1. The predicted octanol–water partition coefficient (Wildman–Crippen LogP) is 2.25. The first-order valence-electron chi connectivity index (χ1n) is 5.57. The van der Waals surface area contributed by atoms with Gasteiger partial charge in [-0.15, -0.1) is 0 Å². The third kappa shape index (κ3) is 3.41. The van der Waals surface area contributed by atoms with Crippen molar-refractivity contribution in [1.29, 1.82) is 0 Å². The van der Waals surface area contributed by atoms with Crippen LogP contribution in [-0.2, 0) is 16.6 Å². The van der Waals surface area contributed by atoms with Gasteiger partial charge >= 0.3 is 5.97 Å². The quantitative estimate of drug-likeness (QED) is 0.874. The van der Waals surface area contributed by atoms with Gasteiger partial charge in [0.15, 0.2) is 0 Å². The summed E-state index contributed by atoms with van der Waals surface area (Å²) in [4.78, 5) is 9.96. The normalized spacial score (nSPS) is 11.5. The standard InChI is InChI=1S/C12H9ClFNO5S/c13-8-2-1-3-9(14)11(8)21(18,19)15-6-7-4-5-10(20-7)12(16)17/h1-5,15H,6H2,(H,16,17). The number of aromatic carboxylic acids is 1. The van der Waals surface area contributed by atoms with Crippen molar-refractivity contribution in [2.24, 2.45) is 0 Å². The van der Waals surface area contributed by atoms with Crippen LogP contribution in [0.4, 0.5) is 4.39 Å². The van der Waals surface area contributed by atoms with E-state index in [2.05, 4.69) is 4.72 Å². The third-order valence-electron chi connectivity index (χ3n) is 2.50. The number of rotatable bonds is 5. The van der Waals surface area contributed by atoms with Crippen LogP contribution in [0.15, 0.2) is 39.6 Å². The summed E-state index contributed by atoms with van der Waals surface area (Å²) in [6, 6.07) is 5.98. The Morgan fingerprint density at radius 1 is 1.33 bits per heavy atom. The summed E-state index contributed by atoms with van der Waals surface area (Å²) < 4.78 is 44.5. The zero-order chi connectivity index (χ0) is 15.6. The van der Waals surface area contributed by atoms with E-state index < -0.39 is 26.7 Å². The Morgan fingerprint density at radius 3 is 2.62 bits per heavy atom. The molecule has 0 aliphatic carbocycles. The molecule has 0 amide bonds. The summed E-state index contributed by atoms with van der Waals surface area (Å²) >= 11 is 5.68. The summed E-state index contributed by atoms with van der Waals surface area (Å²) in [6.07, 6.45) is 0. The van der Waals surface area contributed by atoms with Crippen molar-refractivity contribution in [1.82, 2.24) is 4.72 Å². The average Bonchev–Trinajstić information content (AvgIpc) is 2.85. The molecule has 6 nitrogen and oxygen atoms in total. The second-order valence-electron chi connectivity index (χ2n) is 3.95. The smallest absolute Gasteiger partial charge is 0.371 e. The van der Waals surface area contributed by atoms with E-state index in [-0.39, 0.29) is 23.1 Å². The van der Waals surface area contributed by atoms with E-state index >= 15 is 0 Å². The Morgan fingerprint density at radius 2 is 2.05 bits per heavy atom. The highest BCUT2D eigenvalue weighted by Gasteiger charge is 2.23. The van der Waals surface area contributed by atoms with Gasteiger partial charge < -0.3 is 9.52 Å². The van der Waals surface area contributed by atoms with Crippen LogP contribution in [-0.4, -0.2) is 19.5 Å². The molecule has 9 heteroatoms. The first-order chi connectivity index (χ1) is 9.81. The molecule has 0 bridgehead atoms. The topological polar surface area (TPSA) is 96.6 Å². The highest BCUT2D eigenvalue weighted by molar-refractivity contribution is 7.89. The molecule has 0 spiro atoms. The van der Waals surface area contributed by atoms with E-state index in [9.17, 15) is 17.6 Å². The number of carboxylic acids is 1. The Balaban J connectivity index is 2.20. The van der Waals surface area contributed by atoms with Crippen molar-refractivity contribution < 1.29 is 27.1 Å². The van der Waals surface area contributed by atoms with E-state index in [1.54, 1.807) is 0 Å². The summed E-state index contributed by atoms with van der Waals surface area (Å²) in [6.45, 7) is -0.333. The molecule has 0 aliphatic heterocycles. The molecule has 0 radical (unpaired) electrons. The minimum Gasteiger partial charge on any atom is -0.475 e. The lowest BCUT2D eigenvalue weighted by Crippen LogP contribution is -2.24. The van der Waals surface area contributed by atoms with Crippen LogP contribution in [0.1, 0.15) is 16.3 Å². The lowest BCUT2D eigenvalue weighted by atomic mass is 10.3. The summed E-state index contributed by atoms with van der Waals surface area (Å²) in [5.41, 5.74) is 0. The minimum atomic E-state index is -4.20. The molecule has 1 heterocycles. The molecule has 21 heavy (non-hydrogen) atoms. The zero-order valence-corrected chi connectivity index (χ0v) is 11.9. The molecule has 2 N–H and O–H groups in total. The van der Waals surface area contributed by atoms with Gasteiger partial charge in [0.25, 0.3) is 0 Å². The lowest BCUT2D eigenvalue weighted by Gasteiger charge is -2.08. The molecule has 0 unspecified atom stereocenters. The van der Waals surface area contributed by atoms with E-state index in [0.717, 1.165) is 6.07 Å². The molecule has 1 aromatic carbocycles. The maximum atomic E-state index is 13.6. The molecule has 112 valence electrons. The number of furan rings is 1. The van der Waals surface area contributed by atoms with Gasteiger partial charge in [-0.1, -0.05) is 17.7 Å². The fourth-order valence-electron chi connectivity index (χ4n) is 1.57. The van der Waals surface area contributed by atoms with Crippen LogP contribution < -0.4 is 4.72 Å². The minimum absolute atomic E-state index is 0.0726. The highest BCUT2D eigenvalue weighted by atomic mass is 35.5. The van der Waals surface area contributed by atoms with Gasteiger partial charge in [-0.05, 0) is 24.3 Å². The van der Waals surface area contributed by atoms with Crippen molar-refractivity contribution in [3.05, 3.63) is 52.7 Å². The highest BCUT2D eigenvalue weighted by Crippen LogP contribution is 2.24. The van der Waals surface area contributed by atoms with Crippen molar-refractivity contribution in [2.45, 2.75) is 11.4 Å². The summed E-state index contributed by atoms with van der Waals surface area (Å²) in [5.74, 6) is -2.52. The molecule has 2 rings (SSSR count). The molecular weight excluding hydrogens is 325 g/mol. The number of sulfonamides is 1. The molecule has 2 aromatic rings. The molecule has 1 aromatic heterocycles. The van der Waals surface area contributed by atoms with Crippen molar-refractivity contribution in [2.75, 3.05) is 0 Å². The summed E-state index contributed by atoms with van der Waals surface area (Å²) in [5, 5.41) is 8.42. The molecular formula is C12H9ClFNO5S. The van der Waals surface area contributed by atoms with Crippen LogP contribution in [0.5, 0.6) is 0 Å². The lowest BCUT2D eigenvalue weighted by molar-refractivity contribution is 0.0660. The van der Waals surface area contributed by atoms with Gasteiger partial charge in [-0.3, -0.25) is 0 Å². The molecule has 0 saturated carbocycles. The van der Waals surface area contributed by atoms with E-state index in [0.29, 0.717) is 0 Å². The first kappa shape index (κ1) is 15.5. The van der Waals surface area contributed by atoms with Crippen LogP contribution >= 0.6 is 11.6 Å². The Hall–Kier alpha value is -1.90. The van der Waals surface area contributed by atoms with Crippen LogP contribution in [0.2, 0.25) is 5.02 Å². The van der Waals surface area contributed by atoms with Gasteiger partial charge in [-0.2, -0.15) is 0 Å². The zero-order valence-electron chi connectivity index (χ0n) is 10.3. The van der Waals surface area contributed by atoms with Gasteiger partial charge in [-0.25, -0.2) is 22.3 Å². The number of hydrogen-bond donors (Lipinski definition) is 2. The number of nitrogens with one attached hydrogen (secondary N) is 1. The largest absolute Gasteiger partial charge is 0.475 e. The Bertz CT molecular complexity index is 766. The van der Waals surface area contributed by atoms with Gasteiger partial charge in [0.1, 0.15) is 16.5 Å². The third-order valence-corrected chi connectivity index (χ3v) is 4.40. The maximum Gasteiger partial charge on any atom is 0.371 e. The number of benzene rings is 1. The van der Waals surface area contributed by atoms with E-state index in [1.165, 1.54) is 24.3 Å². The summed E-state index contributed by atoms with van der Waals surface area (Å²) in [7, 11) is -4.20. The Kier molecular flexibility index (Phi) is 4.31. The number of carboxylic acid groups (broad SMARTS) is 1. The second kappa shape index (κ2) is 5.84. The van der Waals surface area contributed by atoms with E-state index in [1.807, 2.05) is 0 Å². The average molecular weight is 334 g/mol. The second-order valence-corrected chi connectivity index (χ2v) is 6.06. The molecule has 0 aliphatic rings. The molecule has 0 atom stereocenters. The van der Waals surface area contributed by atoms with E-state index in [4.69, 9.17) is 21.1 Å². The fraction of sp³-hybridized carbons (Fsp3) is 0.0833. The SMILES string of the molecule is O=C(O)c1ccc(CNS(=O)(=O)c2c(F)cccc2Cl)o1. The van der Waals surface area contributed by atoms with Crippen molar-refractivity contribution in [3.8, 4) is 0 Å².